The van der Waals surface area contributed by atoms with Gasteiger partial charge in [0.2, 0.25) is 5.91 Å². The van der Waals surface area contributed by atoms with Gasteiger partial charge in [-0.1, -0.05) is 48.5 Å². The zero-order valence-corrected chi connectivity index (χ0v) is 11.7. The Balaban J connectivity index is 2.25. The number of primary amides is 1. The quantitative estimate of drug-likeness (QED) is 0.417. The van der Waals surface area contributed by atoms with E-state index in [1.807, 2.05) is 54.6 Å². The van der Waals surface area contributed by atoms with Gasteiger partial charge < -0.3 is 11.6 Å². The van der Waals surface area contributed by atoms with Gasteiger partial charge in [-0.2, -0.15) is 5.10 Å². The topological polar surface area (TPSA) is 81.5 Å². The number of nitrogens with two attached hydrogens (primary N) is 2. The molecule has 4 heteroatoms. The number of hydrogen-bond donors (Lipinski definition) is 2. The summed E-state index contributed by atoms with van der Waals surface area (Å²) >= 11 is 0. The van der Waals surface area contributed by atoms with Crippen LogP contribution < -0.4 is 11.6 Å². The molecule has 0 heterocycles. The fourth-order valence-corrected chi connectivity index (χ4v) is 3.26. The van der Waals surface area contributed by atoms with Gasteiger partial charge in [0.05, 0.1) is 11.3 Å². The van der Waals surface area contributed by atoms with Crippen molar-refractivity contribution in [3.63, 3.8) is 0 Å². The zero-order chi connectivity index (χ0) is 15.3. The fraction of sp³-hybridized carbons (Fsp3) is 0. The first-order chi connectivity index (χ1) is 10.7. The lowest BCUT2D eigenvalue weighted by Crippen LogP contribution is -2.14. The number of hydrazone groups is 1. The summed E-state index contributed by atoms with van der Waals surface area (Å²) in [6.45, 7) is 0. The summed E-state index contributed by atoms with van der Waals surface area (Å²) in [5.74, 6) is 5.16. The largest absolute Gasteiger partial charge is 0.366 e. The summed E-state index contributed by atoms with van der Waals surface area (Å²) in [4.78, 5) is 12.1. The third-order valence-electron chi connectivity index (χ3n) is 4.13. The molecule has 3 aromatic rings. The Morgan fingerprint density at radius 3 is 2.32 bits per heavy atom. The van der Waals surface area contributed by atoms with E-state index >= 15 is 0 Å². The van der Waals surface area contributed by atoms with Crippen LogP contribution >= 0.6 is 0 Å². The maximum absolute atomic E-state index is 12.1. The molecule has 22 heavy (non-hydrogen) atoms. The van der Waals surface area contributed by atoms with Gasteiger partial charge in [-0.25, -0.2) is 0 Å². The van der Waals surface area contributed by atoms with Crippen molar-refractivity contribution in [2.45, 2.75) is 0 Å². The van der Waals surface area contributed by atoms with E-state index in [9.17, 15) is 4.79 Å². The number of fused-ring (bicyclic) bond motifs is 4. The molecular formula is C18H13N3O. The predicted molar refractivity (Wildman–Crippen MR) is 87.7 cm³/mol. The number of carbonyl (C=O) groups is 1. The molecule has 0 aromatic heterocycles. The monoisotopic (exact) mass is 287 g/mol. The molecule has 4 N–H and O–H groups in total. The van der Waals surface area contributed by atoms with Crippen molar-refractivity contribution in [2.24, 2.45) is 16.7 Å². The number of rotatable bonds is 1. The molecular weight excluding hydrogens is 274 g/mol. The minimum Gasteiger partial charge on any atom is -0.366 e. The summed E-state index contributed by atoms with van der Waals surface area (Å²) < 4.78 is 0. The van der Waals surface area contributed by atoms with E-state index in [0.29, 0.717) is 11.3 Å². The molecule has 0 atom stereocenters. The number of hydrogen-bond acceptors (Lipinski definition) is 3. The number of nitrogens with zero attached hydrogens (tertiary/aromatic N) is 1. The highest BCUT2D eigenvalue weighted by Gasteiger charge is 2.30. The average molecular weight is 287 g/mol. The molecule has 3 aromatic carbocycles. The van der Waals surface area contributed by atoms with E-state index < -0.39 is 5.91 Å². The molecule has 0 unspecified atom stereocenters. The third-order valence-corrected chi connectivity index (χ3v) is 4.13. The van der Waals surface area contributed by atoms with Crippen molar-refractivity contribution < 1.29 is 4.79 Å². The Labute approximate surface area is 127 Å². The molecule has 0 saturated carbocycles. The first-order valence-corrected chi connectivity index (χ1v) is 6.96. The maximum Gasteiger partial charge on any atom is 0.249 e. The Hall–Kier alpha value is -3.14. The second kappa shape index (κ2) is 4.43. The zero-order valence-electron chi connectivity index (χ0n) is 11.7. The fourth-order valence-electron chi connectivity index (χ4n) is 3.26. The van der Waals surface area contributed by atoms with Crippen molar-refractivity contribution in [1.29, 1.82) is 0 Å². The highest BCUT2D eigenvalue weighted by atomic mass is 16.1. The van der Waals surface area contributed by atoms with Gasteiger partial charge in [0.15, 0.2) is 0 Å². The SMILES string of the molecule is N/N=C1/c2ccccc2-c2c1cc1ccccc1c2C(N)=O. The van der Waals surface area contributed by atoms with Gasteiger partial charge >= 0.3 is 0 Å². The molecule has 0 spiro atoms. The lowest BCUT2D eigenvalue weighted by atomic mass is 9.93. The standard InChI is InChI=1S/C18H13N3O/c19-18(22)16-11-6-2-1-5-10(11)9-14-15(16)12-7-3-4-8-13(12)17(14)21-20/h1-9H,20H2,(H2,19,22)/b21-17-. The number of carbonyl (C=O) groups excluding carboxylic acids is 1. The molecule has 4 rings (SSSR count). The Kier molecular flexibility index (Phi) is 2.53. The Morgan fingerprint density at radius 2 is 1.59 bits per heavy atom. The van der Waals surface area contributed by atoms with Gasteiger partial charge in [0.1, 0.15) is 0 Å². The van der Waals surface area contributed by atoms with Crippen LogP contribution in [0.4, 0.5) is 0 Å². The minimum atomic E-state index is -0.443. The van der Waals surface area contributed by atoms with Crippen LogP contribution in [0.1, 0.15) is 21.5 Å². The van der Waals surface area contributed by atoms with E-state index in [2.05, 4.69) is 5.10 Å². The normalized spacial score (nSPS) is 14.1. The van der Waals surface area contributed by atoms with E-state index in [1.54, 1.807) is 0 Å². The molecule has 1 aliphatic rings. The van der Waals surface area contributed by atoms with Gasteiger partial charge in [-0.15, -0.1) is 0 Å². The highest BCUT2D eigenvalue weighted by molar-refractivity contribution is 6.29. The van der Waals surface area contributed by atoms with Crippen LogP contribution in [0.2, 0.25) is 0 Å². The van der Waals surface area contributed by atoms with Gasteiger partial charge in [0.25, 0.3) is 0 Å². The molecule has 1 amide bonds. The van der Waals surface area contributed by atoms with Crippen LogP contribution in [0.5, 0.6) is 0 Å². The molecule has 1 aliphatic carbocycles. The van der Waals surface area contributed by atoms with Gasteiger partial charge in [-0.3, -0.25) is 4.79 Å². The van der Waals surface area contributed by atoms with Crippen LogP contribution in [0.15, 0.2) is 59.7 Å². The van der Waals surface area contributed by atoms with Crippen molar-refractivity contribution in [3.05, 3.63) is 71.3 Å². The summed E-state index contributed by atoms with van der Waals surface area (Å²) in [5.41, 5.74) is 10.5. The first-order valence-electron chi connectivity index (χ1n) is 6.96. The molecule has 0 aliphatic heterocycles. The van der Waals surface area contributed by atoms with Crippen molar-refractivity contribution >= 4 is 22.4 Å². The molecule has 0 fully saturated rings. The van der Waals surface area contributed by atoms with Crippen LogP contribution in [-0.2, 0) is 0 Å². The highest BCUT2D eigenvalue weighted by Crippen LogP contribution is 2.42. The van der Waals surface area contributed by atoms with Crippen molar-refractivity contribution in [2.75, 3.05) is 0 Å². The van der Waals surface area contributed by atoms with E-state index in [-0.39, 0.29) is 0 Å². The van der Waals surface area contributed by atoms with Crippen LogP contribution in [0.25, 0.3) is 21.9 Å². The Bertz CT molecular complexity index is 973. The lowest BCUT2D eigenvalue weighted by molar-refractivity contribution is 0.100. The second-order valence-electron chi connectivity index (χ2n) is 5.28. The third kappa shape index (κ3) is 1.52. The van der Waals surface area contributed by atoms with Gasteiger partial charge in [0, 0.05) is 16.7 Å². The maximum atomic E-state index is 12.1. The molecule has 4 nitrogen and oxygen atoms in total. The average Bonchev–Trinajstić information content (AvgIpc) is 2.85. The predicted octanol–water partition coefficient (Wildman–Crippen LogP) is 2.63. The molecule has 0 saturated heterocycles. The number of benzene rings is 3. The second-order valence-corrected chi connectivity index (χ2v) is 5.28. The molecule has 0 radical (unpaired) electrons. The Morgan fingerprint density at radius 1 is 0.909 bits per heavy atom. The van der Waals surface area contributed by atoms with Gasteiger partial charge in [-0.05, 0) is 22.4 Å². The summed E-state index contributed by atoms with van der Waals surface area (Å²) in [7, 11) is 0. The summed E-state index contributed by atoms with van der Waals surface area (Å²) in [6, 6.07) is 17.5. The van der Waals surface area contributed by atoms with Crippen molar-refractivity contribution in [1.82, 2.24) is 0 Å². The van der Waals surface area contributed by atoms with E-state index in [1.165, 1.54) is 0 Å². The smallest absolute Gasteiger partial charge is 0.249 e. The van der Waals surface area contributed by atoms with Crippen LogP contribution in [0, 0.1) is 0 Å². The summed E-state index contributed by atoms with van der Waals surface area (Å²) in [5, 5.41) is 5.74. The minimum absolute atomic E-state index is 0.443. The summed E-state index contributed by atoms with van der Waals surface area (Å²) in [6.07, 6.45) is 0. The van der Waals surface area contributed by atoms with Crippen LogP contribution in [-0.4, -0.2) is 11.6 Å². The van der Waals surface area contributed by atoms with Crippen molar-refractivity contribution in [3.8, 4) is 11.1 Å². The molecule has 0 bridgehead atoms. The van der Waals surface area contributed by atoms with Crippen LogP contribution in [0.3, 0.4) is 0 Å². The lowest BCUT2D eigenvalue weighted by Gasteiger charge is -2.10. The van der Waals surface area contributed by atoms with E-state index in [0.717, 1.165) is 33.0 Å². The van der Waals surface area contributed by atoms with E-state index in [4.69, 9.17) is 11.6 Å². The molecule has 106 valence electrons. The number of amides is 1. The first kappa shape index (κ1) is 12.6.